The second-order valence-electron chi connectivity index (χ2n) is 6.64. The zero-order chi connectivity index (χ0) is 19.4. The highest BCUT2D eigenvalue weighted by Crippen LogP contribution is 2.22. The Bertz CT molecular complexity index is 927. The van der Waals surface area contributed by atoms with Gasteiger partial charge < -0.3 is 5.32 Å². The van der Waals surface area contributed by atoms with Gasteiger partial charge in [-0.3, -0.25) is 4.79 Å². The number of amides is 1. The van der Waals surface area contributed by atoms with Crippen molar-refractivity contribution >= 4 is 23.4 Å². The van der Waals surface area contributed by atoms with Crippen molar-refractivity contribution in [3.05, 3.63) is 82.2 Å². The molecule has 0 aliphatic heterocycles. The molecule has 1 heterocycles. The molecule has 4 nitrogen and oxygen atoms in total. The molecule has 1 aromatic heterocycles. The van der Waals surface area contributed by atoms with E-state index >= 15 is 0 Å². The summed E-state index contributed by atoms with van der Waals surface area (Å²) in [5, 5.41) is 3.80. The predicted octanol–water partition coefficient (Wildman–Crippen LogP) is 5.25. The van der Waals surface area contributed by atoms with E-state index in [9.17, 15) is 4.79 Å². The van der Waals surface area contributed by atoms with Crippen LogP contribution in [0, 0.1) is 27.7 Å². The lowest BCUT2D eigenvalue weighted by Gasteiger charge is -2.11. The number of benzene rings is 2. The quantitative estimate of drug-likeness (QED) is 0.487. The topological polar surface area (TPSA) is 54.9 Å². The van der Waals surface area contributed by atoms with Crippen LogP contribution in [-0.2, 0) is 5.75 Å². The third kappa shape index (κ3) is 4.95. The molecular formula is C22H23N3OS. The zero-order valence-electron chi connectivity index (χ0n) is 16.0. The number of anilines is 1. The van der Waals surface area contributed by atoms with E-state index in [1.165, 1.54) is 0 Å². The Kier molecular flexibility index (Phi) is 5.91. The van der Waals surface area contributed by atoms with Crippen molar-refractivity contribution in [3.8, 4) is 0 Å². The molecule has 27 heavy (non-hydrogen) atoms. The van der Waals surface area contributed by atoms with Gasteiger partial charge in [0.25, 0.3) is 5.91 Å². The molecule has 0 aliphatic rings. The molecule has 3 rings (SSSR count). The van der Waals surface area contributed by atoms with Crippen molar-refractivity contribution in [3.63, 3.8) is 0 Å². The number of thioether (sulfide) groups is 1. The zero-order valence-corrected chi connectivity index (χ0v) is 16.9. The van der Waals surface area contributed by atoms with Crippen molar-refractivity contribution in [1.82, 2.24) is 9.97 Å². The Morgan fingerprint density at radius 3 is 2.11 bits per heavy atom. The van der Waals surface area contributed by atoms with Crippen LogP contribution >= 0.6 is 11.8 Å². The Morgan fingerprint density at radius 1 is 0.926 bits per heavy atom. The van der Waals surface area contributed by atoms with Gasteiger partial charge in [-0.05, 0) is 62.6 Å². The molecule has 0 radical (unpaired) electrons. The summed E-state index contributed by atoms with van der Waals surface area (Å²) in [6.45, 7) is 7.95. The fourth-order valence-corrected chi connectivity index (χ4v) is 3.76. The Hall–Kier alpha value is -2.66. The predicted molar refractivity (Wildman–Crippen MR) is 111 cm³/mol. The van der Waals surface area contributed by atoms with Crippen LogP contribution in [0.1, 0.15) is 38.4 Å². The van der Waals surface area contributed by atoms with Gasteiger partial charge in [-0.1, -0.05) is 42.1 Å². The number of aryl methyl sites for hydroxylation is 4. The molecule has 0 atom stereocenters. The number of aromatic nitrogens is 2. The molecule has 138 valence electrons. The third-order valence-electron chi connectivity index (χ3n) is 4.27. The van der Waals surface area contributed by atoms with Crippen LogP contribution < -0.4 is 5.32 Å². The molecule has 0 saturated carbocycles. The SMILES string of the molecule is Cc1cc(C)nc(SCc2ccc(C(=O)Nc3c(C)cccc3C)cc2)n1. The van der Waals surface area contributed by atoms with E-state index in [4.69, 9.17) is 0 Å². The van der Waals surface area contributed by atoms with Gasteiger partial charge in [0.05, 0.1) is 0 Å². The average molecular weight is 378 g/mol. The summed E-state index contributed by atoms with van der Waals surface area (Å²) >= 11 is 1.60. The van der Waals surface area contributed by atoms with E-state index in [2.05, 4.69) is 15.3 Å². The van der Waals surface area contributed by atoms with Gasteiger partial charge in [-0.25, -0.2) is 9.97 Å². The van der Waals surface area contributed by atoms with Gasteiger partial charge in [0.15, 0.2) is 5.16 Å². The smallest absolute Gasteiger partial charge is 0.255 e. The number of nitrogens with one attached hydrogen (secondary N) is 1. The van der Waals surface area contributed by atoms with Gasteiger partial charge in [-0.2, -0.15) is 0 Å². The normalized spacial score (nSPS) is 10.7. The van der Waals surface area contributed by atoms with Crippen molar-refractivity contribution in [1.29, 1.82) is 0 Å². The van der Waals surface area contributed by atoms with Crippen molar-refractivity contribution < 1.29 is 4.79 Å². The van der Waals surface area contributed by atoms with Gasteiger partial charge in [0, 0.05) is 28.4 Å². The minimum absolute atomic E-state index is 0.0933. The number of nitrogens with zero attached hydrogens (tertiary/aromatic N) is 2. The van der Waals surface area contributed by atoms with Crippen molar-refractivity contribution in [2.75, 3.05) is 5.32 Å². The monoisotopic (exact) mass is 377 g/mol. The number of carbonyl (C=O) groups is 1. The summed E-state index contributed by atoms with van der Waals surface area (Å²) in [6, 6.07) is 15.6. The van der Waals surface area contributed by atoms with E-state index in [-0.39, 0.29) is 5.91 Å². The first-order valence-electron chi connectivity index (χ1n) is 8.84. The number of rotatable bonds is 5. The number of hydrogen-bond donors (Lipinski definition) is 1. The highest BCUT2D eigenvalue weighted by atomic mass is 32.2. The lowest BCUT2D eigenvalue weighted by Crippen LogP contribution is -2.13. The van der Waals surface area contributed by atoms with E-state index in [1.807, 2.05) is 76.2 Å². The maximum absolute atomic E-state index is 12.5. The van der Waals surface area contributed by atoms with Crippen LogP contribution in [0.2, 0.25) is 0 Å². The molecule has 0 unspecified atom stereocenters. The maximum atomic E-state index is 12.5. The van der Waals surface area contributed by atoms with Crippen LogP contribution in [-0.4, -0.2) is 15.9 Å². The molecule has 0 aliphatic carbocycles. The number of hydrogen-bond acceptors (Lipinski definition) is 4. The summed E-state index contributed by atoms with van der Waals surface area (Å²) in [5.41, 5.74) is 6.73. The highest BCUT2D eigenvalue weighted by molar-refractivity contribution is 7.98. The van der Waals surface area contributed by atoms with Crippen LogP contribution in [0.25, 0.3) is 0 Å². The van der Waals surface area contributed by atoms with Gasteiger partial charge >= 0.3 is 0 Å². The molecular weight excluding hydrogens is 354 g/mol. The van der Waals surface area contributed by atoms with E-state index in [0.717, 1.165) is 44.7 Å². The molecule has 5 heteroatoms. The average Bonchev–Trinajstić information content (AvgIpc) is 2.63. The minimum atomic E-state index is -0.0933. The second kappa shape index (κ2) is 8.35. The second-order valence-corrected chi connectivity index (χ2v) is 7.58. The Balaban J connectivity index is 1.65. The summed E-state index contributed by atoms with van der Waals surface area (Å²) < 4.78 is 0. The lowest BCUT2D eigenvalue weighted by atomic mass is 10.1. The number of carbonyl (C=O) groups excluding carboxylic acids is 1. The lowest BCUT2D eigenvalue weighted by molar-refractivity contribution is 0.102. The number of para-hydroxylation sites is 1. The molecule has 0 saturated heterocycles. The third-order valence-corrected chi connectivity index (χ3v) is 5.18. The molecule has 0 fully saturated rings. The van der Waals surface area contributed by atoms with E-state index in [0.29, 0.717) is 5.56 Å². The summed E-state index contributed by atoms with van der Waals surface area (Å²) in [4.78, 5) is 21.4. The van der Waals surface area contributed by atoms with Crippen LogP contribution in [0.15, 0.2) is 53.7 Å². The van der Waals surface area contributed by atoms with E-state index < -0.39 is 0 Å². The summed E-state index contributed by atoms with van der Waals surface area (Å²) in [5.74, 6) is 0.672. The summed E-state index contributed by atoms with van der Waals surface area (Å²) in [6.07, 6.45) is 0. The van der Waals surface area contributed by atoms with Crippen molar-refractivity contribution in [2.24, 2.45) is 0 Å². The molecule has 1 N–H and O–H groups in total. The van der Waals surface area contributed by atoms with Gasteiger partial charge in [0.1, 0.15) is 0 Å². The first-order valence-corrected chi connectivity index (χ1v) is 9.82. The Labute approximate surface area is 164 Å². The first kappa shape index (κ1) is 19.1. The molecule has 3 aromatic rings. The molecule has 0 bridgehead atoms. The highest BCUT2D eigenvalue weighted by Gasteiger charge is 2.10. The van der Waals surface area contributed by atoms with Crippen LogP contribution in [0.5, 0.6) is 0 Å². The summed E-state index contributed by atoms with van der Waals surface area (Å²) in [7, 11) is 0. The largest absolute Gasteiger partial charge is 0.322 e. The fourth-order valence-electron chi connectivity index (χ4n) is 2.86. The fraction of sp³-hybridized carbons (Fsp3) is 0.227. The molecule has 0 spiro atoms. The van der Waals surface area contributed by atoms with Crippen LogP contribution in [0.3, 0.4) is 0 Å². The maximum Gasteiger partial charge on any atom is 0.255 e. The molecule has 1 amide bonds. The van der Waals surface area contributed by atoms with Crippen molar-refractivity contribution in [2.45, 2.75) is 38.6 Å². The van der Waals surface area contributed by atoms with E-state index in [1.54, 1.807) is 11.8 Å². The van der Waals surface area contributed by atoms with Gasteiger partial charge in [0.2, 0.25) is 0 Å². The van der Waals surface area contributed by atoms with Gasteiger partial charge in [-0.15, -0.1) is 0 Å². The minimum Gasteiger partial charge on any atom is -0.322 e. The Morgan fingerprint density at radius 2 is 1.52 bits per heavy atom. The molecule has 2 aromatic carbocycles. The van der Waals surface area contributed by atoms with Crippen LogP contribution in [0.4, 0.5) is 5.69 Å². The standard InChI is InChI=1S/C22H23N3OS/c1-14-6-5-7-15(2)20(14)25-21(26)19-10-8-18(9-11-19)13-27-22-23-16(3)12-17(4)24-22/h5-12H,13H2,1-4H3,(H,25,26). The first-order chi connectivity index (χ1) is 12.9.